The smallest absolute Gasteiger partial charge is 0.280 e. The van der Waals surface area contributed by atoms with Gasteiger partial charge in [0.2, 0.25) is 5.43 Å². The quantitative estimate of drug-likeness (QED) is 0.806. The van der Waals surface area contributed by atoms with Crippen LogP contribution >= 0.6 is 0 Å². The number of nitrogens with zero attached hydrogens (tertiary/aromatic N) is 2. The first-order chi connectivity index (χ1) is 11.5. The van der Waals surface area contributed by atoms with E-state index in [9.17, 15) is 14.0 Å². The molecule has 1 aromatic heterocycles. The summed E-state index contributed by atoms with van der Waals surface area (Å²) < 4.78 is 14.7. The van der Waals surface area contributed by atoms with Crippen molar-refractivity contribution < 1.29 is 9.18 Å². The van der Waals surface area contributed by atoms with Crippen LogP contribution in [-0.2, 0) is 0 Å². The van der Waals surface area contributed by atoms with E-state index in [-0.39, 0.29) is 11.4 Å². The van der Waals surface area contributed by atoms with Crippen LogP contribution in [0.15, 0.2) is 65.5 Å². The molecule has 1 amide bonds. The maximum absolute atomic E-state index is 13.2. The molecule has 120 valence electrons. The predicted molar refractivity (Wildman–Crippen MR) is 88.9 cm³/mol. The second-order valence-corrected chi connectivity index (χ2v) is 5.21. The van der Waals surface area contributed by atoms with Gasteiger partial charge in [-0.25, -0.2) is 9.07 Å². The highest BCUT2D eigenvalue weighted by molar-refractivity contribution is 6.02. The van der Waals surface area contributed by atoms with Crippen molar-refractivity contribution in [2.45, 2.75) is 6.92 Å². The van der Waals surface area contributed by atoms with E-state index in [0.29, 0.717) is 5.69 Å². The standard InChI is InChI=1S/C18H14FN3O2/c1-12-10-16(23)17(21-22(12)15-8-3-2-4-9-15)18(24)20-14-7-5-6-13(19)11-14/h2-11H,1H3,(H,20,24). The number of carbonyl (C=O) groups is 1. The number of halogens is 1. The first-order valence-electron chi connectivity index (χ1n) is 7.28. The van der Waals surface area contributed by atoms with Gasteiger partial charge >= 0.3 is 0 Å². The number of nitrogens with one attached hydrogen (secondary N) is 1. The van der Waals surface area contributed by atoms with Crippen LogP contribution in [0.3, 0.4) is 0 Å². The van der Waals surface area contributed by atoms with Crippen molar-refractivity contribution in [3.05, 3.63) is 88.1 Å². The molecule has 1 N–H and O–H groups in total. The van der Waals surface area contributed by atoms with Gasteiger partial charge in [-0.3, -0.25) is 9.59 Å². The third-order valence-corrected chi connectivity index (χ3v) is 3.41. The third-order valence-electron chi connectivity index (χ3n) is 3.41. The molecule has 0 spiro atoms. The number of anilines is 1. The molecule has 0 aliphatic heterocycles. The van der Waals surface area contributed by atoms with E-state index < -0.39 is 17.2 Å². The number of hydrogen-bond donors (Lipinski definition) is 1. The molecule has 24 heavy (non-hydrogen) atoms. The molecule has 3 aromatic rings. The van der Waals surface area contributed by atoms with Gasteiger partial charge in [0.05, 0.1) is 5.69 Å². The third kappa shape index (κ3) is 3.22. The lowest BCUT2D eigenvalue weighted by molar-refractivity contribution is 0.101. The van der Waals surface area contributed by atoms with Crippen LogP contribution < -0.4 is 10.7 Å². The molecule has 0 aliphatic rings. The summed E-state index contributed by atoms with van der Waals surface area (Å²) in [6.07, 6.45) is 0. The normalized spacial score (nSPS) is 10.4. The van der Waals surface area contributed by atoms with E-state index in [1.54, 1.807) is 6.92 Å². The minimum atomic E-state index is -0.685. The van der Waals surface area contributed by atoms with Gasteiger partial charge in [0.25, 0.3) is 5.91 Å². The number of aromatic nitrogens is 2. The number of carbonyl (C=O) groups excluding carboxylic acids is 1. The fraction of sp³-hybridized carbons (Fsp3) is 0.0556. The predicted octanol–water partition coefficient (Wildman–Crippen LogP) is 2.93. The zero-order valence-electron chi connectivity index (χ0n) is 12.9. The van der Waals surface area contributed by atoms with Gasteiger partial charge in [-0.1, -0.05) is 24.3 Å². The lowest BCUT2D eigenvalue weighted by Crippen LogP contribution is -2.26. The Balaban J connectivity index is 1.99. The molecule has 5 nitrogen and oxygen atoms in total. The second-order valence-electron chi connectivity index (χ2n) is 5.21. The zero-order valence-corrected chi connectivity index (χ0v) is 12.9. The monoisotopic (exact) mass is 323 g/mol. The van der Waals surface area contributed by atoms with Gasteiger partial charge < -0.3 is 5.32 Å². The molecule has 0 atom stereocenters. The summed E-state index contributed by atoms with van der Waals surface area (Å²) in [5, 5.41) is 6.64. The number of amides is 1. The van der Waals surface area contributed by atoms with E-state index in [1.165, 1.54) is 35.0 Å². The van der Waals surface area contributed by atoms with Crippen molar-refractivity contribution >= 4 is 11.6 Å². The molecular formula is C18H14FN3O2. The molecule has 0 saturated carbocycles. The van der Waals surface area contributed by atoms with Gasteiger partial charge in [0.1, 0.15) is 5.82 Å². The van der Waals surface area contributed by atoms with Crippen LogP contribution in [0.2, 0.25) is 0 Å². The summed E-state index contributed by atoms with van der Waals surface area (Å²) in [6.45, 7) is 1.73. The van der Waals surface area contributed by atoms with Crippen molar-refractivity contribution in [1.82, 2.24) is 9.78 Å². The number of para-hydroxylation sites is 1. The van der Waals surface area contributed by atoms with E-state index in [2.05, 4.69) is 10.4 Å². The summed E-state index contributed by atoms with van der Waals surface area (Å²) in [4.78, 5) is 24.4. The summed E-state index contributed by atoms with van der Waals surface area (Å²) in [5.74, 6) is -1.17. The minimum Gasteiger partial charge on any atom is -0.320 e. The lowest BCUT2D eigenvalue weighted by Gasteiger charge is -2.11. The number of rotatable bonds is 3. The molecule has 3 rings (SSSR count). The summed E-state index contributed by atoms with van der Waals surface area (Å²) in [6, 6.07) is 15.9. The van der Waals surface area contributed by atoms with Gasteiger partial charge in [-0.2, -0.15) is 5.10 Å². The highest BCUT2D eigenvalue weighted by Crippen LogP contribution is 2.11. The molecule has 0 radical (unpaired) electrons. The van der Waals surface area contributed by atoms with Crippen LogP contribution in [0.1, 0.15) is 16.2 Å². The average molecular weight is 323 g/mol. The first kappa shape index (κ1) is 15.6. The van der Waals surface area contributed by atoms with Crippen LogP contribution in [0.4, 0.5) is 10.1 Å². The van der Waals surface area contributed by atoms with Crippen LogP contribution in [0.5, 0.6) is 0 Å². The van der Waals surface area contributed by atoms with E-state index >= 15 is 0 Å². The molecule has 0 bridgehead atoms. The minimum absolute atomic E-state index is 0.256. The molecule has 0 saturated heterocycles. The second kappa shape index (κ2) is 6.45. The molecule has 0 unspecified atom stereocenters. The van der Waals surface area contributed by atoms with Crippen molar-refractivity contribution in [2.75, 3.05) is 5.32 Å². The van der Waals surface area contributed by atoms with Crippen molar-refractivity contribution in [3.63, 3.8) is 0 Å². The fourth-order valence-corrected chi connectivity index (χ4v) is 2.29. The topological polar surface area (TPSA) is 64.0 Å². The molecular weight excluding hydrogens is 309 g/mol. The maximum Gasteiger partial charge on any atom is 0.280 e. The van der Waals surface area contributed by atoms with Crippen LogP contribution in [-0.4, -0.2) is 15.7 Å². The molecule has 6 heteroatoms. The molecule has 0 aliphatic carbocycles. The molecule has 0 fully saturated rings. The van der Waals surface area contributed by atoms with Gasteiger partial charge in [-0.05, 0) is 37.3 Å². The summed E-state index contributed by atoms with van der Waals surface area (Å²) in [5.41, 5.74) is 0.846. The Morgan fingerprint density at radius 3 is 2.54 bits per heavy atom. The van der Waals surface area contributed by atoms with Gasteiger partial charge in [0, 0.05) is 17.4 Å². The van der Waals surface area contributed by atoms with Gasteiger partial charge in [-0.15, -0.1) is 0 Å². The molecule has 2 aromatic carbocycles. The van der Waals surface area contributed by atoms with E-state index in [1.807, 2.05) is 30.3 Å². The Kier molecular flexibility index (Phi) is 4.20. The zero-order chi connectivity index (χ0) is 17.1. The lowest BCUT2D eigenvalue weighted by atomic mass is 10.2. The first-order valence-corrected chi connectivity index (χ1v) is 7.28. The number of hydrogen-bond acceptors (Lipinski definition) is 3. The summed E-state index contributed by atoms with van der Waals surface area (Å²) in [7, 11) is 0. The van der Waals surface area contributed by atoms with Crippen LogP contribution in [0, 0.1) is 12.7 Å². The molecule has 1 heterocycles. The Morgan fingerprint density at radius 1 is 1.08 bits per heavy atom. The number of benzene rings is 2. The van der Waals surface area contributed by atoms with Crippen molar-refractivity contribution in [3.8, 4) is 5.69 Å². The fourth-order valence-electron chi connectivity index (χ4n) is 2.29. The highest BCUT2D eigenvalue weighted by Gasteiger charge is 2.15. The van der Waals surface area contributed by atoms with Crippen molar-refractivity contribution in [1.29, 1.82) is 0 Å². The number of aryl methyl sites for hydroxylation is 1. The highest BCUT2D eigenvalue weighted by atomic mass is 19.1. The Morgan fingerprint density at radius 2 is 1.83 bits per heavy atom. The van der Waals surface area contributed by atoms with Crippen molar-refractivity contribution in [2.24, 2.45) is 0 Å². The average Bonchev–Trinajstić information content (AvgIpc) is 2.55. The van der Waals surface area contributed by atoms with E-state index in [4.69, 9.17) is 0 Å². The van der Waals surface area contributed by atoms with Gasteiger partial charge in [0.15, 0.2) is 5.69 Å². The largest absolute Gasteiger partial charge is 0.320 e. The van der Waals surface area contributed by atoms with E-state index in [0.717, 1.165) is 5.69 Å². The Labute approximate surface area is 137 Å². The maximum atomic E-state index is 13.2. The summed E-state index contributed by atoms with van der Waals surface area (Å²) >= 11 is 0. The Hall–Kier alpha value is -3.28. The Bertz CT molecular complexity index is 952. The van der Waals surface area contributed by atoms with Crippen LogP contribution in [0.25, 0.3) is 5.69 Å². The SMILES string of the molecule is Cc1cc(=O)c(C(=O)Nc2cccc(F)c2)nn1-c1ccccc1.